The monoisotopic (exact) mass is 814 g/mol. The van der Waals surface area contributed by atoms with Gasteiger partial charge < -0.3 is 9.90 Å². The fourth-order valence-corrected chi connectivity index (χ4v) is 8.76. The normalized spacial score (nSPS) is 12.1. The molecule has 1 unspecified atom stereocenters. The minimum atomic E-state index is -0.847. The molecule has 56 heavy (non-hydrogen) atoms. The largest absolute Gasteiger partial charge is 1.00 e. The second kappa shape index (κ2) is 52.2. The summed E-state index contributed by atoms with van der Waals surface area (Å²) in [4.78, 5) is 14.4. The van der Waals surface area contributed by atoms with Gasteiger partial charge in [-0.15, -0.1) is 0 Å². The van der Waals surface area contributed by atoms with Crippen LogP contribution in [0.1, 0.15) is 310 Å². The molecule has 0 heterocycles. The Bertz CT molecular complexity index is 671. The van der Waals surface area contributed by atoms with Crippen molar-refractivity contribution in [2.24, 2.45) is 0 Å². The maximum absolute atomic E-state index is 12.1. The summed E-state index contributed by atoms with van der Waals surface area (Å²) in [6, 6.07) is -0.393. The zero-order valence-electron chi connectivity index (χ0n) is 39.6. The first-order chi connectivity index (χ1) is 27.2. The Labute approximate surface area is 397 Å². The Morgan fingerprint density at radius 3 is 0.679 bits per heavy atom. The Balaban J connectivity index is 0. The summed E-state index contributed by atoms with van der Waals surface area (Å²) < 4.78 is 0. The smallest absolute Gasteiger partial charge is 0.548 e. The van der Waals surface area contributed by atoms with Crippen LogP contribution in [0.25, 0.3) is 0 Å². The van der Waals surface area contributed by atoms with Crippen molar-refractivity contribution in [3.8, 4) is 0 Å². The standard InChI is InChI=1S/C52H105NO2.K/c1-4-7-10-12-14-16-18-20-22-24-26-28-30-32-34-36-38-40-42-44-46-49-53(51(52(54)55)48-9-6-3)50-47-45-43-41-39-37-35-33-31-29-27-25-23-21-19-17-15-13-11-8-5-2;/h51H,4-50H2,1-3H3,(H,54,55);/q;+1/p-1. The minimum absolute atomic E-state index is 0. The van der Waals surface area contributed by atoms with Crippen LogP contribution in [-0.2, 0) is 4.79 Å². The number of carboxylic acid groups (broad SMARTS) is 1. The van der Waals surface area contributed by atoms with E-state index in [0.29, 0.717) is 0 Å². The van der Waals surface area contributed by atoms with Crippen molar-refractivity contribution >= 4 is 5.97 Å². The van der Waals surface area contributed by atoms with Gasteiger partial charge in [-0.2, -0.15) is 0 Å². The molecule has 0 N–H and O–H groups in total. The average molecular weight is 815 g/mol. The molecule has 0 saturated heterocycles. The van der Waals surface area contributed by atoms with Gasteiger partial charge >= 0.3 is 51.4 Å². The van der Waals surface area contributed by atoms with Crippen LogP contribution in [0.4, 0.5) is 0 Å². The van der Waals surface area contributed by atoms with E-state index in [-0.39, 0.29) is 51.4 Å². The van der Waals surface area contributed by atoms with E-state index in [2.05, 4.69) is 25.7 Å². The van der Waals surface area contributed by atoms with Crippen LogP contribution >= 0.6 is 0 Å². The molecule has 1 atom stereocenters. The predicted molar refractivity (Wildman–Crippen MR) is 245 cm³/mol. The number of rotatable bonds is 49. The molecule has 4 heteroatoms. The molecule has 0 saturated carbocycles. The van der Waals surface area contributed by atoms with Crippen molar-refractivity contribution in [3.63, 3.8) is 0 Å². The van der Waals surface area contributed by atoms with E-state index >= 15 is 0 Å². The van der Waals surface area contributed by atoms with E-state index in [1.165, 1.54) is 257 Å². The zero-order valence-corrected chi connectivity index (χ0v) is 42.7. The quantitative estimate of drug-likeness (QED) is 0.0454. The van der Waals surface area contributed by atoms with Gasteiger partial charge in [0.15, 0.2) is 0 Å². The third-order valence-electron chi connectivity index (χ3n) is 12.6. The van der Waals surface area contributed by atoms with E-state index in [1.54, 1.807) is 0 Å². The Kier molecular flexibility index (Phi) is 55.1. The van der Waals surface area contributed by atoms with Gasteiger partial charge in [-0.05, 0) is 32.4 Å². The molecule has 0 aliphatic heterocycles. The van der Waals surface area contributed by atoms with Crippen LogP contribution in [-0.4, -0.2) is 30.0 Å². The summed E-state index contributed by atoms with van der Waals surface area (Å²) in [5.74, 6) is -0.847. The summed E-state index contributed by atoms with van der Waals surface area (Å²) in [5.41, 5.74) is 0. The summed E-state index contributed by atoms with van der Waals surface area (Å²) >= 11 is 0. The number of hydrogen-bond donors (Lipinski definition) is 0. The fraction of sp³-hybridized carbons (Fsp3) is 0.981. The first-order valence-corrected chi connectivity index (χ1v) is 26.1. The van der Waals surface area contributed by atoms with Crippen molar-refractivity contribution in [1.29, 1.82) is 0 Å². The van der Waals surface area contributed by atoms with Gasteiger partial charge in [-0.3, -0.25) is 4.90 Å². The second-order valence-corrected chi connectivity index (χ2v) is 18.2. The molecule has 0 fully saturated rings. The molecule has 0 bridgehead atoms. The van der Waals surface area contributed by atoms with Crippen LogP contribution in [0.3, 0.4) is 0 Å². The SMILES string of the molecule is CCCCCCCCCCCCCCCCCCCCCCCN(CCCCCCCCCCCCCCCCCCCCCCC)C(CCCC)C(=O)[O-].[K+]. The molecule has 3 nitrogen and oxygen atoms in total. The van der Waals surface area contributed by atoms with E-state index < -0.39 is 12.0 Å². The third kappa shape index (κ3) is 46.1. The number of unbranched alkanes of at least 4 members (excludes halogenated alkanes) is 41. The van der Waals surface area contributed by atoms with E-state index in [0.717, 1.165) is 45.2 Å². The van der Waals surface area contributed by atoms with Gasteiger partial charge in [0.2, 0.25) is 0 Å². The third-order valence-corrected chi connectivity index (χ3v) is 12.6. The summed E-state index contributed by atoms with van der Waals surface area (Å²) in [5, 5.41) is 12.1. The Hall–Kier alpha value is 1.07. The molecule has 0 rings (SSSR count). The molecule has 0 aromatic rings. The number of carbonyl (C=O) groups is 1. The number of nitrogens with zero attached hydrogens (tertiary/aromatic N) is 1. The molecular weight excluding hydrogens is 710 g/mol. The molecule has 0 aromatic heterocycles. The van der Waals surface area contributed by atoms with Crippen molar-refractivity contribution in [3.05, 3.63) is 0 Å². The summed E-state index contributed by atoms with van der Waals surface area (Å²) in [6.07, 6.45) is 61.6. The number of carboxylic acids is 1. The van der Waals surface area contributed by atoms with Crippen molar-refractivity contribution < 1.29 is 61.3 Å². The van der Waals surface area contributed by atoms with Gasteiger partial charge in [-0.25, -0.2) is 0 Å². The molecule has 0 radical (unpaired) electrons. The van der Waals surface area contributed by atoms with Gasteiger partial charge in [0.05, 0.1) is 5.97 Å². The van der Waals surface area contributed by atoms with E-state index in [4.69, 9.17) is 0 Å². The summed E-state index contributed by atoms with van der Waals surface area (Å²) in [6.45, 7) is 8.63. The van der Waals surface area contributed by atoms with Gasteiger partial charge in [-0.1, -0.05) is 290 Å². The predicted octanol–water partition coefficient (Wildman–Crippen LogP) is 14.0. The number of aliphatic carboxylic acids is 1. The number of hydrogen-bond acceptors (Lipinski definition) is 3. The first-order valence-electron chi connectivity index (χ1n) is 26.1. The maximum Gasteiger partial charge on any atom is 1.00 e. The van der Waals surface area contributed by atoms with Gasteiger partial charge in [0.25, 0.3) is 0 Å². The minimum Gasteiger partial charge on any atom is -0.548 e. The molecule has 0 amide bonds. The molecule has 0 aliphatic carbocycles. The van der Waals surface area contributed by atoms with Crippen molar-refractivity contribution in [2.45, 2.75) is 316 Å². The average Bonchev–Trinajstić information content (AvgIpc) is 3.18. The fourth-order valence-electron chi connectivity index (χ4n) is 8.76. The molecule has 0 spiro atoms. The first kappa shape index (κ1) is 59.2. The molecule has 0 aliphatic rings. The van der Waals surface area contributed by atoms with Crippen molar-refractivity contribution in [1.82, 2.24) is 4.90 Å². The zero-order chi connectivity index (χ0) is 40.0. The molecular formula is C52H104KNO2. The van der Waals surface area contributed by atoms with Crippen LogP contribution in [0.2, 0.25) is 0 Å². The van der Waals surface area contributed by atoms with Crippen LogP contribution in [0.5, 0.6) is 0 Å². The Morgan fingerprint density at radius 1 is 0.321 bits per heavy atom. The van der Waals surface area contributed by atoms with Crippen LogP contribution < -0.4 is 56.5 Å². The van der Waals surface area contributed by atoms with E-state index in [9.17, 15) is 9.90 Å². The van der Waals surface area contributed by atoms with Gasteiger partial charge in [0.1, 0.15) is 0 Å². The van der Waals surface area contributed by atoms with Crippen molar-refractivity contribution in [2.75, 3.05) is 13.1 Å². The van der Waals surface area contributed by atoms with Crippen LogP contribution in [0.15, 0.2) is 0 Å². The van der Waals surface area contributed by atoms with E-state index in [1.807, 2.05) is 0 Å². The summed E-state index contributed by atoms with van der Waals surface area (Å²) in [7, 11) is 0. The van der Waals surface area contributed by atoms with Gasteiger partial charge in [0, 0.05) is 6.04 Å². The maximum atomic E-state index is 12.1. The molecule has 330 valence electrons. The topological polar surface area (TPSA) is 43.4 Å². The number of carbonyl (C=O) groups excluding carboxylic acids is 1. The molecule has 0 aromatic carbocycles. The Morgan fingerprint density at radius 2 is 0.500 bits per heavy atom. The van der Waals surface area contributed by atoms with Crippen LogP contribution in [0, 0.1) is 0 Å². The second-order valence-electron chi connectivity index (χ2n) is 18.2.